The Kier molecular flexibility index (Phi) is 4.59. The van der Waals surface area contributed by atoms with Crippen molar-refractivity contribution in [1.82, 2.24) is 29.6 Å². The summed E-state index contributed by atoms with van der Waals surface area (Å²) in [5.41, 5.74) is 1.64. The monoisotopic (exact) mass is 329 g/mol. The Labute approximate surface area is 138 Å². The van der Waals surface area contributed by atoms with Crippen molar-refractivity contribution in [2.45, 2.75) is 26.4 Å². The van der Waals surface area contributed by atoms with E-state index in [1.165, 1.54) is 0 Å². The quantitative estimate of drug-likeness (QED) is 0.572. The molecule has 0 saturated carbocycles. The van der Waals surface area contributed by atoms with Crippen LogP contribution in [0.1, 0.15) is 13.3 Å². The summed E-state index contributed by atoms with van der Waals surface area (Å²) in [5, 5.41) is 19.2. The third-order valence-electron chi connectivity index (χ3n) is 3.57. The van der Waals surface area contributed by atoms with Gasteiger partial charge >= 0.3 is 6.09 Å². The molecule has 0 spiro atoms. The average molecular weight is 329 g/mol. The molecule has 0 atom stereocenters. The molecule has 0 aliphatic heterocycles. The third kappa shape index (κ3) is 3.62. The number of hydrogen-bond acceptors (Lipinski definition) is 5. The molecule has 3 aromatic heterocycles. The molecular formula is C15H19N7O2. The number of aromatic nitrogens is 5. The van der Waals surface area contributed by atoms with Crippen LogP contribution in [0.5, 0.6) is 0 Å². The third-order valence-corrected chi connectivity index (χ3v) is 3.57. The zero-order valence-electron chi connectivity index (χ0n) is 13.3. The van der Waals surface area contributed by atoms with Crippen LogP contribution in [-0.4, -0.2) is 42.1 Å². The van der Waals surface area contributed by atoms with E-state index in [1.807, 2.05) is 34.6 Å². The fourth-order valence-electron chi connectivity index (χ4n) is 2.39. The molecule has 0 bridgehead atoms. The Hall–Kier alpha value is -3.10. The number of nitrogens with zero attached hydrogens (tertiary/aromatic N) is 5. The summed E-state index contributed by atoms with van der Waals surface area (Å²) in [6.07, 6.45) is 7.00. The number of nitrogens with one attached hydrogen (secondary N) is 2. The van der Waals surface area contributed by atoms with Crippen molar-refractivity contribution in [3.05, 3.63) is 30.9 Å². The van der Waals surface area contributed by atoms with Crippen LogP contribution in [0.3, 0.4) is 0 Å². The Bertz CT molecular complexity index is 839. The Morgan fingerprint density at radius 3 is 3.00 bits per heavy atom. The van der Waals surface area contributed by atoms with E-state index >= 15 is 0 Å². The summed E-state index contributed by atoms with van der Waals surface area (Å²) in [6, 6.07) is 1.94. The highest BCUT2D eigenvalue weighted by atomic mass is 16.4. The smallest absolute Gasteiger partial charge is 0.404 e. The SMILES string of the molecule is CCn1cc(Nc2ncc3ccn(CCCNC(=O)O)c3n2)cn1. The van der Waals surface area contributed by atoms with Crippen molar-refractivity contribution >= 4 is 28.8 Å². The second kappa shape index (κ2) is 6.99. The second-order valence-electron chi connectivity index (χ2n) is 5.28. The highest BCUT2D eigenvalue weighted by Gasteiger charge is 2.07. The van der Waals surface area contributed by atoms with Gasteiger partial charge in [0.2, 0.25) is 5.95 Å². The summed E-state index contributed by atoms with van der Waals surface area (Å²) in [6.45, 7) is 3.90. The van der Waals surface area contributed by atoms with E-state index in [0.717, 1.165) is 23.3 Å². The van der Waals surface area contributed by atoms with Crippen molar-refractivity contribution in [1.29, 1.82) is 0 Å². The summed E-state index contributed by atoms with van der Waals surface area (Å²) >= 11 is 0. The van der Waals surface area contributed by atoms with Crippen LogP contribution >= 0.6 is 0 Å². The number of fused-ring (bicyclic) bond motifs is 1. The van der Waals surface area contributed by atoms with Crippen LogP contribution in [0, 0.1) is 0 Å². The zero-order valence-corrected chi connectivity index (χ0v) is 13.3. The first kappa shape index (κ1) is 15.8. The van der Waals surface area contributed by atoms with Gasteiger partial charge < -0.3 is 20.3 Å². The van der Waals surface area contributed by atoms with Gasteiger partial charge in [0.05, 0.1) is 11.9 Å². The minimum atomic E-state index is -1.01. The van der Waals surface area contributed by atoms with E-state index in [0.29, 0.717) is 25.5 Å². The van der Waals surface area contributed by atoms with Crippen LogP contribution < -0.4 is 10.6 Å². The van der Waals surface area contributed by atoms with E-state index in [-0.39, 0.29) is 0 Å². The van der Waals surface area contributed by atoms with Gasteiger partial charge in [0.15, 0.2) is 0 Å². The first-order valence-corrected chi connectivity index (χ1v) is 7.74. The van der Waals surface area contributed by atoms with Gasteiger partial charge in [0, 0.05) is 43.6 Å². The van der Waals surface area contributed by atoms with Crippen LogP contribution in [-0.2, 0) is 13.1 Å². The molecule has 3 rings (SSSR count). The maximum Gasteiger partial charge on any atom is 0.404 e. The van der Waals surface area contributed by atoms with Crippen molar-refractivity contribution in [3.63, 3.8) is 0 Å². The summed E-state index contributed by atoms with van der Waals surface area (Å²) in [5.74, 6) is 0.502. The van der Waals surface area contributed by atoms with Gasteiger partial charge in [0.1, 0.15) is 5.65 Å². The highest BCUT2D eigenvalue weighted by Crippen LogP contribution is 2.17. The topological polar surface area (TPSA) is 110 Å². The second-order valence-corrected chi connectivity index (χ2v) is 5.28. The first-order chi connectivity index (χ1) is 11.7. The number of amides is 1. The van der Waals surface area contributed by atoms with E-state index in [1.54, 1.807) is 12.4 Å². The Morgan fingerprint density at radius 2 is 2.25 bits per heavy atom. The van der Waals surface area contributed by atoms with Gasteiger partial charge in [0.25, 0.3) is 0 Å². The standard InChI is InChI=1S/C15H19N7O2/c1-2-22-10-12(9-18-22)19-14-17-8-11-4-7-21(13(11)20-14)6-3-5-16-15(23)24/h4,7-10,16H,2-3,5-6H2,1H3,(H,23,24)(H,17,19,20). The van der Waals surface area contributed by atoms with Crippen LogP contribution in [0.4, 0.5) is 16.4 Å². The minimum absolute atomic E-state index is 0.404. The van der Waals surface area contributed by atoms with Gasteiger partial charge in [-0.05, 0) is 19.4 Å². The molecule has 1 amide bonds. The molecule has 3 heterocycles. The predicted octanol–water partition coefficient (Wildman–Crippen LogP) is 2.05. The molecule has 3 aromatic rings. The molecule has 3 N–H and O–H groups in total. The molecule has 24 heavy (non-hydrogen) atoms. The normalized spacial score (nSPS) is 10.9. The summed E-state index contributed by atoms with van der Waals surface area (Å²) in [7, 11) is 0. The lowest BCUT2D eigenvalue weighted by molar-refractivity contribution is 0.194. The Balaban J connectivity index is 1.71. The average Bonchev–Trinajstić information content (AvgIpc) is 3.18. The number of aryl methyl sites for hydroxylation is 2. The van der Waals surface area contributed by atoms with Gasteiger partial charge in [-0.1, -0.05) is 0 Å². The molecule has 0 unspecified atom stereocenters. The number of anilines is 2. The van der Waals surface area contributed by atoms with Crippen LogP contribution in [0.15, 0.2) is 30.9 Å². The minimum Gasteiger partial charge on any atom is -0.465 e. The lowest BCUT2D eigenvalue weighted by Crippen LogP contribution is -2.22. The molecule has 0 saturated heterocycles. The maximum atomic E-state index is 10.5. The van der Waals surface area contributed by atoms with Gasteiger partial charge in [-0.25, -0.2) is 9.78 Å². The maximum absolute atomic E-state index is 10.5. The number of carbonyl (C=O) groups is 1. The molecule has 0 aromatic carbocycles. The molecule has 9 heteroatoms. The van der Waals surface area contributed by atoms with Crippen LogP contribution in [0.2, 0.25) is 0 Å². The van der Waals surface area contributed by atoms with E-state index < -0.39 is 6.09 Å². The highest BCUT2D eigenvalue weighted by molar-refractivity contribution is 5.76. The molecular weight excluding hydrogens is 310 g/mol. The van der Waals surface area contributed by atoms with Gasteiger partial charge in [-0.15, -0.1) is 0 Å². The molecule has 0 aliphatic rings. The van der Waals surface area contributed by atoms with Crippen molar-refractivity contribution in [3.8, 4) is 0 Å². The number of hydrogen-bond donors (Lipinski definition) is 3. The zero-order chi connectivity index (χ0) is 16.9. The fraction of sp³-hybridized carbons (Fsp3) is 0.333. The summed E-state index contributed by atoms with van der Waals surface area (Å²) < 4.78 is 3.81. The summed E-state index contributed by atoms with van der Waals surface area (Å²) in [4.78, 5) is 19.3. The fourth-order valence-corrected chi connectivity index (χ4v) is 2.39. The first-order valence-electron chi connectivity index (χ1n) is 7.74. The van der Waals surface area contributed by atoms with E-state index in [2.05, 4.69) is 25.7 Å². The molecule has 0 aliphatic carbocycles. The van der Waals surface area contributed by atoms with Crippen LogP contribution in [0.25, 0.3) is 11.0 Å². The van der Waals surface area contributed by atoms with E-state index in [4.69, 9.17) is 5.11 Å². The van der Waals surface area contributed by atoms with Crippen molar-refractivity contribution in [2.75, 3.05) is 11.9 Å². The lowest BCUT2D eigenvalue weighted by Gasteiger charge is -2.06. The predicted molar refractivity (Wildman–Crippen MR) is 89.4 cm³/mol. The number of rotatable bonds is 7. The number of carboxylic acid groups (broad SMARTS) is 1. The molecule has 0 radical (unpaired) electrons. The van der Waals surface area contributed by atoms with Crippen molar-refractivity contribution in [2.24, 2.45) is 0 Å². The Morgan fingerprint density at radius 1 is 1.38 bits per heavy atom. The van der Waals surface area contributed by atoms with Crippen molar-refractivity contribution < 1.29 is 9.90 Å². The van der Waals surface area contributed by atoms with E-state index in [9.17, 15) is 4.79 Å². The lowest BCUT2D eigenvalue weighted by atomic mass is 10.4. The largest absolute Gasteiger partial charge is 0.465 e. The molecule has 9 nitrogen and oxygen atoms in total. The molecule has 0 fully saturated rings. The van der Waals surface area contributed by atoms with Gasteiger partial charge in [-0.3, -0.25) is 4.68 Å². The van der Waals surface area contributed by atoms with Gasteiger partial charge in [-0.2, -0.15) is 10.1 Å². The molecule has 126 valence electrons.